The van der Waals surface area contributed by atoms with Gasteiger partial charge in [-0.1, -0.05) is 0 Å². The van der Waals surface area contributed by atoms with E-state index < -0.39 is 53.8 Å². The molecule has 14 nitrogen and oxygen atoms in total. The molecule has 4 amide bonds. The average molecular weight is 595 g/mol. The molecule has 43 heavy (non-hydrogen) atoms. The smallest absolute Gasteiger partial charge is 0.328 e. The lowest BCUT2D eigenvalue weighted by molar-refractivity contribution is -0.145. The van der Waals surface area contributed by atoms with E-state index in [0.29, 0.717) is 30.0 Å². The Hall–Kier alpha value is -5.27. The van der Waals surface area contributed by atoms with Gasteiger partial charge in [0.15, 0.2) is 0 Å². The number of hydrogen-bond donors (Lipinski definition) is 2. The zero-order chi connectivity index (χ0) is 31.3. The summed E-state index contributed by atoms with van der Waals surface area (Å²) in [5.74, 6) is -4.20. The van der Waals surface area contributed by atoms with Crippen LogP contribution in [-0.2, 0) is 28.7 Å². The number of carbonyl (C=O) groups is 7. The van der Waals surface area contributed by atoms with Crippen molar-refractivity contribution in [3.05, 3.63) is 47.5 Å². The van der Waals surface area contributed by atoms with E-state index in [1.165, 1.54) is 39.5 Å². The number of rotatable bonds is 13. The fourth-order valence-electron chi connectivity index (χ4n) is 4.80. The number of unbranched alkanes of at least 4 members (excludes halogenated alkanes) is 1. The maximum atomic E-state index is 12.8. The van der Waals surface area contributed by atoms with Crippen molar-refractivity contribution in [1.82, 2.24) is 10.6 Å². The van der Waals surface area contributed by atoms with Gasteiger partial charge in [-0.3, -0.25) is 38.6 Å². The number of hydrogen-bond acceptors (Lipinski definition) is 10. The van der Waals surface area contributed by atoms with E-state index in [1.807, 2.05) is 0 Å². The van der Waals surface area contributed by atoms with E-state index >= 15 is 0 Å². The van der Waals surface area contributed by atoms with Crippen molar-refractivity contribution in [2.45, 2.75) is 25.3 Å². The van der Waals surface area contributed by atoms with Crippen molar-refractivity contribution in [3.63, 3.8) is 0 Å². The van der Waals surface area contributed by atoms with Crippen LogP contribution in [-0.4, -0.2) is 88.2 Å². The summed E-state index contributed by atoms with van der Waals surface area (Å²) in [6.45, 7) is -0.629. The second-order valence-corrected chi connectivity index (χ2v) is 9.70. The maximum absolute atomic E-state index is 12.8. The van der Waals surface area contributed by atoms with Crippen LogP contribution in [0, 0.1) is 0 Å². The molecular weight excluding hydrogens is 564 g/mol. The largest absolute Gasteiger partial charge is 0.497 e. The summed E-state index contributed by atoms with van der Waals surface area (Å²) in [5, 5.41) is 5.22. The third kappa shape index (κ3) is 6.47. The molecule has 0 fully saturated rings. The number of fused-ring (bicyclic) bond motifs is 2. The molecule has 0 unspecified atom stereocenters. The van der Waals surface area contributed by atoms with Crippen molar-refractivity contribution in [3.8, 4) is 11.5 Å². The molecule has 4 rings (SSSR count). The topological polar surface area (TPSA) is 178 Å². The SMILES string of the molecule is COC(=O)[C@H](CCCCNC(=O)CN1C(=O)C(=O)c2cc(OC)ccc21)NC(=O)CN1C(=O)C(=O)c2cc(OC)ccc21. The van der Waals surface area contributed by atoms with Gasteiger partial charge in [-0.25, -0.2) is 4.79 Å². The number of Topliss-reactive ketones (excluding diaryl/α,β-unsaturated/α-hetero) is 2. The summed E-state index contributed by atoms with van der Waals surface area (Å²) in [7, 11) is 4.03. The number of nitrogens with zero attached hydrogens (tertiary/aromatic N) is 2. The summed E-state index contributed by atoms with van der Waals surface area (Å²) in [6.07, 6.45) is 0.987. The lowest BCUT2D eigenvalue weighted by atomic mass is 10.1. The van der Waals surface area contributed by atoms with Gasteiger partial charge >= 0.3 is 5.97 Å². The summed E-state index contributed by atoms with van der Waals surface area (Å²) in [5.41, 5.74) is 0.873. The molecular formula is C29H30N4O10. The van der Waals surface area contributed by atoms with Gasteiger partial charge in [0, 0.05) is 6.54 Å². The van der Waals surface area contributed by atoms with E-state index in [4.69, 9.17) is 14.2 Å². The van der Waals surface area contributed by atoms with E-state index in [2.05, 4.69) is 10.6 Å². The van der Waals surface area contributed by atoms with Gasteiger partial charge < -0.3 is 24.8 Å². The van der Waals surface area contributed by atoms with Gasteiger partial charge in [-0.05, 0) is 55.7 Å². The zero-order valence-electron chi connectivity index (χ0n) is 23.8. The maximum Gasteiger partial charge on any atom is 0.328 e. The Balaban J connectivity index is 1.25. The van der Waals surface area contributed by atoms with Crippen molar-refractivity contribution in [2.24, 2.45) is 0 Å². The standard InChI is InChI=1S/C29H30N4O10/c1-41-16-7-9-21-18(12-16)25(36)27(38)32(21)14-23(34)30-11-5-4-6-20(29(40)43-3)31-24(35)15-33-22-10-8-17(42-2)13-19(22)26(37)28(33)39/h7-10,12-13,20H,4-6,11,14-15H2,1-3H3,(H,30,34)(H,31,35)/t20-/m0/s1. The van der Waals surface area contributed by atoms with Crippen LogP contribution in [0.25, 0.3) is 0 Å². The highest BCUT2D eigenvalue weighted by Crippen LogP contribution is 2.33. The normalized spacial score (nSPS) is 14.3. The molecule has 0 aliphatic carbocycles. The van der Waals surface area contributed by atoms with Gasteiger partial charge in [0.05, 0.1) is 43.8 Å². The lowest BCUT2D eigenvalue weighted by Gasteiger charge is -2.20. The van der Waals surface area contributed by atoms with E-state index in [9.17, 15) is 33.6 Å². The summed E-state index contributed by atoms with van der Waals surface area (Å²) < 4.78 is 15.0. The molecule has 2 N–H and O–H groups in total. The molecule has 2 aliphatic rings. The second kappa shape index (κ2) is 13.1. The van der Waals surface area contributed by atoms with Crippen molar-refractivity contribution in [1.29, 1.82) is 0 Å². The number of carbonyl (C=O) groups excluding carboxylic acids is 7. The highest BCUT2D eigenvalue weighted by atomic mass is 16.5. The first-order valence-electron chi connectivity index (χ1n) is 13.3. The van der Waals surface area contributed by atoms with Crippen LogP contribution < -0.4 is 29.9 Å². The molecule has 0 bridgehead atoms. The van der Waals surface area contributed by atoms with E-state index in [-0.39, 0.29) is 36.3 Å². The fourth-order valence-corrected chi connectivity index (χ4v) is 4.80. The van der Waals surface area contributed by atoms with E-state index in [0.717, 1.165) is 9.80 Å². The van der Waals surface area contributed by atoms with Gasteiger partial charge in [-0.15, -0.1) is 0 Å². The zero-order valence-corrected chi connectivity index (χ0v) is 23.8. The Bertz CT molecular complexity index is 1500. The van der Waals surface area contributed by atoms with Gasteiger partial charge in [0.25, 0.3) is 23.4 Å². The molecule has 14 heteroatoms. The molecule has 0 radical (unpaired) electrons. The van der Waals surface area contributed by atoms with Crippen LogP contribution in [0.2, 0.25) is 0 Å². The number of benzene rings is 2. The number of ether oxygens (including phenoxy) is 3. The van der Waals surface area contributed by atoms with Crippen molar-refractivity contribution in [2.75, 3.05) is 50.8 Å². The molecule has 0 spiro atoms. The predicted octanol–water partition coefficient (Wildman–Crippen LogP) is 0.407. The van der Waals surface area contributed by atoms with Crippen LogP contribution in [0.5, 0.6) is 11.5 Å². The van der Waals surface area contributed by atoms with Crippen molar-refractivity contribution >= 4 is 52.5 Å². The Morgan fingerprint density at radius 3 is 1.74 bits per heavy atom. The third-order valence-electron chi connectivity index (χ3n) is 7.02. The minimum absolute atomic E-state index is 0.119. The molecule has 0 saturated carbocycles. The summed E-state index contributed by atoms with van der Waals surface area (Å²) >= 11 is 0. The number of anilines is 2. The Kier molecular flexibility index (Phi) is 9.38. The number of nitrogens with one attached hydrogen (secondary N) is 2. The van der Waals surface area contributed by atoms with Gasteiger partial charge in [0.1, 0.15) is 30.6 Å². The van der Waals surface area contributed by atoms with Crippen molar-refractivity contribution < 1.29 is 47.8 Å². The van der Waals surface area contributed by atoms with Crippen LogP contribution in [0.15, 0.2) is 36.4 Å². The number of esters is 1. The summed E-state index contributed by atoms with van der Waals surface area (Å²) in [4.78, 5) is 89.2. The Morgan fingerprint density at radius 2 is 1.26 bits per heavy atom. The molecule has 0 aromatic heterocycles. The lowest BCUT2D eigenvalue weighted by Crippen LogP contribution is -2.47. The fraction of sp³-hybridized carbons (Fsp3) is 0.345. The average Bonchev–Trinajstić information content (AvgIpc) is 3.38. The molecule has 226 valence electrons. The molecule has 2 aliphatic heterocycles. The summed E-state index contributed by atoms with van der Waals surface area (Å²) in [6, 6.07) is 8.03. The monoisotopic (exact) mass is 594 g/mol. The number of amides is 4. The Labute approximate surface area is 246 Å². The highest BCUT2D eigenvalue weighted by Gasteiger charge is 2.38. The van der Waals surface area contributed by atoms with Crippen LogP contribution >= 0.6 is 0 Å². The minimum Gasteiger partial charge on any atom is -0.497 e. The number of methoxy groups -OCH3 is 3. The first-order valence-corrected chi connectivity index (χ1v) is 13.3. The first kappa shape index (κ1) is 30.7. The van der Waals surface area contributed by atoms with Crippen LogP contribution in [0.3, 0.4) is 0 Å². The Morgan fingerprint density at radius 1 is 0.744 bits per heavy atom. The van der Waals surface area contributed by atoms with E-state index in [1.54, 1.807) is 18.2 Å². The van der Waals surface area contributed by atoms with Crippen LogP contribution in [0.1, 0.15) is 40.0 Å². The molecule has 2 aromatic rings. The second-order valence-electron chi connectivity index (χ2n) is 9.70. The predicted molar refractivity (Wildman–Crippen MR) is 150 cm³/mol. The van der Waals surface area contributed by atoms with Gasteiger partial charge in [0.2, 0.25) is 11.8 Å². The van der Waals surface area contributed by atoms with Gasteiger partial charge in [-0.2, -0.15) is 0 Å². The third-order valence-corrected chi connectivity index (χ3v) is 7.02. The minimum atomic E-state index is -1.03. The molecule has 0 saturated heterocycles. The molecule has 1 atom stereocenters. The molecule has 2 heterocycles. The molecule has 2 aromatic carbocycles. The first-order chi connectivity index (χ1) is 20.6. The highest BCUT2D eigenvalue weighted by molar-refractivity contribution is 6.53. The quantitative estimate of drug-likeness (QED) is 0.187. The number of ketones is 2. The van der Waals surface area contributed by atoms with Crippen LogP contribution in [0.4, 0.5) is 11.4 Å².